The van der Waals surface area contributed by atoms with Gasteiger partial charge in [-0.15, -0.1) is 0 Å². The molecule has 0 amide bonds. The molecule has 0 fully saturated rings. The molecule has 2 nitrogen and oxygen atoms in total. The van der Waals surface area contributed by atoms with E-state index in [9.17, 15) is 9.90 Å². The monoisotopic (exact) mass is 566 g/mol. The lowest BCUT2D eigenvalue weighted by molar-refractivity contribution is -0.117. The summed E-state index contributed by atoms with van der Waals surface area (Å²) in [7, 11) is 0. The Morgan fingerprint density at radius 3 is 1.57 bits per heavy atom. The first-order valence-corrected chi connectivity index (χ1v) is 15.3. The summed E-state index contributed by atoms with van der Waals surface area (Å²) in [5, 5.41) is 10.1. The van der Waals surface area contributed by atoms with Gasteiger partial charge in [-0.25, -0.2) is 0 Å². The molecule has 0 aromatic rings. The molecule has 0 saturated heterocycles. The fraction of sp³-hybridized carbons (Fsp3) is 0.425. The third-order valence-corrected chi connectivity index (χ3v) is 8.24. The molecule has 0 aromatic carbocycles. The largest absolute Gasteiger partial charge is 0.389 e. The summed E-state index contributed by atoms with van der Waals surface area (Å²) in [4.78, 5) is 11.9. The van der Waals surface area contributed by atoms with E-state index in [1.165, 1.54) is 27.9 Å². The molecular weight excluding hydrogens is 512 g/mol. The maximum Gasteiger partial charge on any atom is 0.156 e. The number of ketones is 1. The van der Waals surface area contributed by atoms with Gasteiger partial charge in [0.2, 0.25) is 0 Å². The van der Waals surface area contributed by atoms with Crippen molar-refractivity contribution in [2.24, 2.45) is 22.7 Å². The summed E-state index contributed by atoms with van der Waals surface area (Å²) in [6.45, 7) is 21.4. The minimum atomic E-state index is -0.333. The fourth-order valence-electron chi connectivity index (χ4n) is 5.98. The van der Waals surface area contributed by atoms with E-state index in [0.717, 1.165) is 12.0 Å². The highest BCUT2D eigenvalue weighted by atomic mass is 16.3. The number of aliphatic hydroxyl groups is 1. The molecule has 1 N–H and O–H groups in total. The van der Waals surface area contributed by atoms with Gasteiger partial charge in [0.25, 0.3) is 0 Å². The summed E-state index contributed by atoms with van der Waals surface area (Å²) >= 11 is 0. The van der Waals surface area contributed by atoms with Crippen LogP contribution in [0.15, 0.2) is 131 Å². The van der Waals surface area contributed by atoms with Crippen LogP contribution in [0.4, 0.5) is 0 Å². The van der Waals surface area contributed by atoms with Crippen molar-refractivity contribution in [3.63, 3.8) is 0 Å². The van der Waals surface area contributed by atoms with Crippen LogP contribution in [0, 0.1) is 22.7 Å². The molecule has 0 heterocycles. The second kappa shape index (κ2) is 15.8. The van der Waals surface area contributed by atoms with E-state index in [1.54, 1.807) is 6.08 Å². The molecule has 2 heteroatoms. The van der Waals surface area contributed by atoms with Crippen LogP contribution in [0.3, 0.4) is 0 Å². The quantitative estimate of drug-likeness (QED) is 0.211. The second-order valence-electron chi connectivity index (χ2n) is 13.6. The third-order valence-electron chi connectivity index (χ3n) is 8.24. The molecule has 2 rings (SSSR count). The zero-order valence-corrected chi connectivity index (χ0v) is 27.7. The average molecular weight is 567 g/mol. The van der Waals surface area contributed by atoms with Crippen molar-refractivity contribution in [3.8, 4) is 0 Å². The van der Waals surface area contributed by atoms with Crippen LogP contribution in [0.5, 0.6) is 0 Å². The molecule has 0 radical (unpaired) electrons. The number of carbonyl (C=O) groups excluding carboxylic acids is 1. The van der Waals surface area contributed by atoms with Gasteiger partial charge >= 0.3 is 0 Å². The van der Waals surface area contributed by atoms with E-state index in [2.05, 4.69) is 154 Å². The standard InChI is InChI=1S/C40H54O2/c1-29(17-13-19-31(3)21-23-37-33(5)25-35(41)27-39(37,7)8)15-11-12-16-30(2)18-14-20-32(4)22-24-38-34(6)26-36(42)28-40(38,9)10/h11-26,35,37-38,41H,27-28H2,1-10H3/b12-11+,17-13+,18-14+,23-21+,24-22+,29-15+,30-16+,31-19+,32-20+/t35-,37-,38-/m0/s1. The van der Waals surface area contributed by atoms with Gasteiger partial charge in [0.15, 0.2) is 5.78 Å². The first-order chi connectivity index (χ1) is 19.6. The Balaban J connectivity index is 1.89. The average Bonchev–Trinajstić information content (AvgIpc) is 2.84. The van der Waals surface area contributed by atoms with Gasteiger partial charge in [-0.1, -0.05) is 152 Å². The Kier molecular flexibility index (Phi) is 13.2. The Labute approximate surface area is 256 Å². The third kappa shape index (κ3) is 11.6. The van der Waals surface area contributed by atoms with E-state index >= 15 is 0 Å². The highest BCUT2D eigenvalue weighted by Crippen LogP contribution is 2.42. The summed E-state index contributed by atoms with van der Waals surface area (Å²) in [6, 6.07) is 0. The van der Waals surface area contributed by atoms with Crippen molar-refractivity contribution in [3.05, 3.63) is 131 Å². The van der Waals surface area contributed by atoms with Gasteiger partial charge in [-0.3, -0.25) is 4.79 Å². The van der Waals surface area contributed by atoms with E-state index in [-0.39, 0.29) is 28.6 Å². The predicted molar refractivity (Wildman–Crippen MR) is 183 cm³/mol. The number of allylic oxidation sites excluding steroid dienone is 21. The van der Waals surface area contributed by atoms with Crippen LogP contribution in [0.2, 0.25) is 0 Å². The molecule has 42 heavy (non-hydrogen) atoms. The van der Waals surface area contributed by atoms with Crippen molar-refractivity contribution in [1.29, 1.82) is 0 Å². The zero-order valence-electron chi connectivity index (χ0n) is 27.7. The van der Waals surface area contributed by atoms with Crippen LogP contribution in [0.25, 0.3) is 0 Å². The lowest BCUT2D eigenvalue weighted by atomic mass is 9.67. The molecule has 0 aliphatic heterocycles. The Morgan fingerprint density at radius 1 is 0.690 bits per heavy atom. The van der Waals surface area contributed by atoms with E-state index in [0.29, 0.717) is 12.3 Å². The highest BCUT2D eigenvalue weighted by molar-refractivity contribution is 5.92. The van der Waals surface area contributed by atoms with Crippen molar-refractivity contribution >= 4 is 5.78 Å². The van der Waals surface area contributed by atoms with Crippen molar-refractivity contribution in [2.45, 2.75) is 88.2 Å². The van der Waals surface area contributed by atoms with Crippen LogP contribution in [-0.2, 0) is 4.79 Å². The molecular formula is C40H54O2. The normalized spacial score (nSPS) is 26.4. The SMILES string of the molecule is CC1=CC(=O)CC(C)(C)[C@H]1/C=C/C(C)=C/C=C/C(C)=C/C=C/C=C(C)/C=C/C=C(C)/C=C/[C@H]1C(C)=C[C@H](O)CC1(C)C. The van der Waals surface area contributed by atoms with E-state index in [4.69, 9.17) is 0 Å². The number of hydrogen-bond donors (Lipinski definition) is 1. The zero-order chi connectivity index (χ0) is 31.5. The van der Waals surface area contributed by atoms with Gasteiger partial charge in [0, 0.05) is 18.3 Å². The van der Waals surface area contributed by atoms with Crippen LogP contribution in [-0.4, -0.2) is 17.0 Å². The van der Waals surface area contributed by atoms with Crippen molar-refractivity contribution in [1.82, 2.24) is 0 Å². The summed E-state index contributed by atoms with van der Waals surface area (Å²) in [6.07, 6.45) is 34.8. The summed E-state index contributed by atoms with van der Waals surface area (Å²) < 4.78 is 0. The number of rotatable bonds is 10. The lowest BCUT2D eigenvalue weighted by Crippen LogP contribution is -2.32. The molecule has 226 valence electrons. The van der Waals surface area contributed by atoms with Crippen molar-refractivity contribution in [2.75, 3.05) is 0 Å². The van der Waals surface area contributed by atoms with Gasteiger partial charge in [0.1, 0.15) is 0 Å². The van der Waals surface area contributed by atoms with Crippen LogP contribution < -0.4 is 0 Å². The molecule has 3 atom stereocenters. The minimum absolute atomic E-state index is 0.0422. The predicted octanol–water partition coefficient (Wildman–Crippen LogP) is 10.5. The van der Waals surface area contributed by atoms with Gasteiger partial charge in [0.05, 0.1) is 6.10 Å². The lowest BCUT2D eigenvalue weighted by Gasteiger charge is -2.38. The number of carbonyl (C=O) groups is 1. The van der Waals surface area contributed by atoms with Crippen LogP contribution in [0.1, 0.15) is 82.1 Å². The first-order valence-electron chi connectivity index (χ1n) is 15.3. The molecule has 0 aromatic heterocycles. The van der Waals surface area contributed by atoms with E-state index < -0.39 is 0 Å². The molecule has 2 aliphatic rings. The molecule has 0 spiro atoms. The first kappa shape index (κ1) is 35.0. The minimum Gasteiger partial charge on any atom is -0.389 e. The number of hydrogen-bond acceptors (Lipinski definition) is 2. The summed E-state index contributed by atoms with van der Waals surface area (Å²) in [5.74, 6) is 0.866. The Hall–Kier alpha value is -3.23. The smallest absolute Gasteiger partial charge is 0.156 e. The molecule has 0 saturated carbocycles. The fourth-order valence-corrected chi connectivity index (χ4v) is 5.98. The topological polar surface area (TPSA) is 37.3 Å². The second-order valence-corrected chi connectivity index (χ2v) is 13.6. The maximum atomic E-state index is 11.9. The van der Waals surface area contributed by atoms with Crippen molar-refractivity contribution < 1.29 is 9.90 Å². The molecule has 0 unspecified atom stereocenters. The van der Waals surface area contributed by atoms with Gasteiger partial charge in [-0.2, -0.15) is 0 Å². The van der Waals surface area contributed by atoms with Crippen LogP contribution >= 0.6 is 0 Å². The molecule has 0 bridgehead atoms. The molecule has 2 aliphatic carbocycles. The Bertz CT molecular complexity index is 1300. The highest BCUT2D eigenvalue weighted by Gasteiger charge is 2.35. The maximum absolute atomic E-state index is 11.9. The summed E-state index contributed by atoms with van der Waals surface area (Å²) in [5.41, 5.74) is 7.16. The van der Waals surface area contributed by atoms with Gasteiger partial charge in [-0.05, 0) is 64.9 Å². The number of aliphatic hydroxyl groups excluding tert-OH is 1. The van der Waals surface area contributed by atoms with E-state index in [1.807, 2.05) is 6.08 Å². The Morgan fingerprint density at radius 2 is 1.12 bits per heavy atom. The van der Waals surface area contributed by atoms with Gasteiger partial charge < -0.3 is 5.11 Å².